The van der Waals surface area contributed by atoms with E-state index >= 15 is 0 Å². The summed E-state index contributed by atoms with van der Waals surface area (Å²) in [6.45, 7) is 2.27. The fourth-order valence-electron chi connectivity index (χ4n) is 1.67. The molecule has 0 aliphatic carbocycles. The Morgan fingerprint density at radius 2 is 2.29 bits per heavy atom. The standard InChI is InChI=1S/C13H18N2OS/c1-10(5-4-8-16)15-12-6-3-7-13(17-2)11(12)9-14/h3,6-7,10,15-16H,4-5,8H2,1-2H3. The largest absolute Gasteiger partial charge is 0.396 e. The molecule has 0 bridgehead atoms. The molecule has 4 heteroatoms. The molecule has 0 heterocycles. The van der Waals surface area contributed by atoms with Gasteiger partial charge >= 0.3 is 0 Å². The summed E-state index contributed by atoms with van der Waals surface area (Å²) < 4.78 is 0. The van der Waals surface area contributed by atoms with E-state index in [2.05, 4.69) is 18.3 Å². The fraction of sp³-hybridized carbons (Fsp3) is 0.462. The highest BCUT2D eigenvalue weighted by Crippen LogP contribution is 2.26. The number of aliphatic hydroxyl groups excluding tert-OH is 1. The zero-order chi connectivity index (χ0) is 12.7. The predicted molar refractivity (Wildman–Crippen MR) is 72.3 cm³/mol. The molecule has 0 fully saturated rings. The maximum Gasteiger partial charge on any atom is 0.102 e. The number of thioether (sulfide) groups is 1. The van der Waals surface area contributed by atoms with Gasteiger partial charge in [-0.05, 0) is 38.2 Å². The van der Waals surface area contributed by atoms with Crippen molar-refractivity contribution in [3.05, 3.63) is 23.8 Å². The van der Waals surface area contributed by atoms with Crippen LogP contribution >= 0.6 is 11.8 Å². The van der Waals surface area contributed by atoms with Crippen molar-refractivity contribution < 1.29 is 5.11 Å². The number of nitrogens with one attached hydrogen (secondary N) is 1. The van der Waals surface area contributed by atoms with Crippen LogP contribution in [0.1, 0.15) is 25.3 Å². The van der Waals surface area contributed by atoms with Gasteiger partial charge in [-0.1, -0.05) is 6.07 Å². The van der Waals surface area contributed by atoms with E-state index in [-0.39, 0.29) is 12.6 Å². The van der Waals surface area contributed by atoms with Gasteiger partial charge in [-0.15, -0.1) is 11.8 Å². The molecule has 0 amide bonds. The molecular weight excluding hydrogens is 232 g/mol. The van der Waals surface area contributed by atoms with Gasteiger partial charge in [0.25, 0.3) is 0 Å². The number of nitrogens with zero attached hydrogens (tertiary/aromatic N) is 1. The Morgan fingerprint density at radius 1 is 1.53 bits per heavy atom. The molecule has 1 aromatic carbocycles. The van der Waals surface area contributed by atoms with Crippen molar-refractivity contribution in [3.63, 3.8) is 0 Å². The summed E-state index contributed by atoms with van der Waals surface area (Å²) in [6, 6.07) is 8.33. The van der Waals surface area contributed by atoms with E-state index in [1.165, 1.54) is 0 Å². The molecule has 1 rings (SSSR count). The summed E-state index contributed by atoms with van der Waals surface area (Å²) in [6.07, 6.45) is 3.64. The van der Waals surface area contributed by atoms with Gasteiger partial charge in [0.1, 0.15) is 6.07 Å². The molecule has 0 spiro atoms. The molecule has 0 aromatic heterocycles. The van der Waals surface area contributed by atoms with Crippen molar-refractivity contribution in [2.75, 3.05) is 18.2 Å². The zero-order valence-electron chi connectivity index (χ0n) is 10.2. The first-order valence-corrected chi connectivity index (χ1v) is 6.90. The van der Waals surface area contributed by atoms with E-state index < -0.39 is 0 Å². The Balaban J connectivity index is 2.80. The first-order chi connectivity index (χ1) is 8.22. The van der Waals surface area contributed by atoms with Gasteiger partial charge in [0.05, 0.1) is 11.3 Å². The van der Waals surface area contributed by atoms with Crippen LogP contribution in [0.5, 0.6) is 0 Å². The normalized spacial score (nSPS) is 11.9. The number of aliphatic hydroxyl groups is 1. The predicted octanol–water partition coefficient (Wildman–Crippen LogP) is 2.85. The average Bonchev–Trinajstić information content (AvgIpc) is 2.35. The van der Waals surface area contributed by atoms with Crippen LogP contribution < -0.4 is 5.32 Å². The highest BCUT2D eigenvalue weighted by Gasteiger charge is 2.09. The Labute approximate surface area is 107 Å². The molecule has 1 atom stereocenters. The Kier molecular flexibility index (Phi) is 5.88. The molecule has 0 aliphatic rings. The second kappa shape index (κ2) is 7.21. The maximum absolute atomic E-state index is 9.18. The number of hydrogen-bond acceptors (Lipinski definition) is 4. The monoisotopic (exact) mass is 250 g/mol. The maximum atomic E-state index is 9.18. The Morgan fingerprint density at radius 3 is 2.88 bits per heavy atom. The second-order valence-corrected chi connectivity index (χ2v) is 4.75. The lowest BCUT2D eigenvalue weighted by Crippen LogP contribution is -2.16. The minimum absolute atomic E-state index is 0.210. The molecular formula is C13H18N2OS. The minimum atomic E-state index is 0.210. The van der Waals surface area contributed by atoms with Crippen molar-refractivity contribution in [1.82, 2.24) is 0 Å². The zero-order valence-corrected chi connectivity index (χ0v) is 11.0. The van der Waals surface area contributed by atoms with Crippen molar-refractivity contribution in [3.8, 4) is 6.07 Å². The van der Waals surface area contributed by atoms with Crippen LogP contribution in [-0.4, -0.2) is 24.0 Å². The van der Waals surface area contributed by atoms with Crippen LogP contribution in [0.4, 0.5) is 5.69 Å². The van der Waals surface area contributed by atoms with Crippen LogP contribution in [0.25, 0.3) is 0 Å². The first-order valence-electron chi connectivity index (χ1n) is 5.67. The fourth-order valence-corrected chi connectivity index (χ4v) is 2.25. The summed E-state index contributed by atoms with van der Waals surface area (Å²) in [5, 5.41) is 21.3. The number of nitriles is 1. The van der Waals surface area contributed by atoms with E-state index in [1.54, 1.807) is 11.8 Å². The lowest BCUT2D eigenvalue weighted by molar-refractivity contribution is 0.282. The summed E-state index contributed by atoms with van der Waals surface area (Å²) >= 11 is 1.58. The number of benzene rings is 1. The van der Waals surface area contributed by atoms with E-state index in [1.807, 2.05) is 24.5 Å². The van der Waals surface area contributed by atoms with Crippen LogP contribution in [0.3, 0.4) is 0 Å². The van der Waals surface area contributed by atoms with E-state index in [4.69, 9.17) is 5.11 Å². The summed E-state index contributed by atoms with van der Waals surface area (Å²) in [5.41, 5.74) is 1.58. The quantitative estimate of drug-likeness (QED) is 0.762. The molecule has 1 aromatic rings. The van der Waals surface area contributed by atoms with Crippen molar-refractivity contribution >= 4 is 17.4 Å². The third-order valence-electron chi connectivity index (χ3n) is 2.56. The first kappa shape index (κ1) is 13.9. The summed E-state index contributed by atoms with van der Waals surface area (Å²) in [5.74, 6) is 0. The third-order valence-corrected chi connectivity index (χ3v) is 3.34. The smallest absolute Gasteiger partial charge is 0.102 e. The highest BCUT2D eigenvalue weighted by molar-refractivity contribution is 7.98. The molecule has 3 nitrogen and oxygen atoms in total. The van der Waals surface area contributed by atoms with Crippen molar-refractivity contribution in [2.45, 2.75) is 30.7 Å². The van der Waals surface area contributed by atoms with Crippen molar-refractivity contribution in [1.29, 1.82) is 5.26 Å². The van der Waals surface area contributed by atoms with Gasteiger partial charge in [-0.25, -0.2) is 0 Å². The van der Waals surface area contributed by atoms with E-state index in [0.29, 0.717) is 5.56 Å². The van der Waals surface area contributed by atoms with E-state index in [9.17, 15) is 5.26 Å². The molecule has 1 unspecified atom stereocenters. The number of anilines is 1. The lowest BCUT2D eigenvalue weighted by atomic mass is 10.1. The van der Waals surface area contributed by atoms with Crippen LogP contribution in [0, 0.1) is 11.3 Å². The van der Waals surface area contributed by atoms with Gasteiger partial charge in [0, 0.05) is 17.5 Å². The van der Waals surface area contributed by atoms with Gasteiger partial charge in [-0.3, -0.25) is 0 Å². The highest BCUT2D eigenvalue weighted by atomic mass is 32.2. The van der Waals surface area contributed by atoms with E-state index in [0.717, 1.165) is 23.4 Å². The molecule has 0 saturated heterocycles. The SMILES string of the molecule is CSc1cccc(NC(C)CCCO)c1C#N. The van der Waals surface area contributed by atoms with Crippen LogP contribution in [0.15, 0.2) is 23.1 Å². The number of hydrogen-bond donors (Lipinski definition) is 2. The molecule has 0 aliphatic heterocycles. The van der Waals surface area contributed by atoms with Gasteiger partial charge in [-0.2, -0.15) is 5.26 Å². The second-order valence-electron chi connectivity index (χ2n) is 3.91. The molecule has 2 N–H and O–H groups in total. The molecule has 92 valence electrons. The lowest BCUT2D eigenvalue weighted by Gasteiger charge is -2.16. The molecule has 0 saturated carbocycles. The molecule has 0 radical (unpaired) electrons. The molecule has 17 heavy (non-hydrogen) atoms. The third kappa shape index (κ3) is 3.95. The van der Waals surface area contributed by atoms with Gasteiger partial charge < -0.3 is 10.4 Å². The van der Waals surface area contributed by atoms with Gasteiger partial charge in [0.15, 0.2) is 0 Å². The van der Waals surface area contributed by atoms with Crippen molar-refractivity contribution in [2.24, 2.45) is 0 Å². The average molecular weight is 250 g/mol. The minimum Gasteiger partial charge on any atom is -0.396 e. The van der Waals surface area contributed by atoms with Crippen LogP contribution in [-0.2, 0) is 0 Å². The van der Waals surface area contributed by atoms with Crippen LogP contribution in [0.2, 0.25) is 0 Å². The Hall–Kier alpha value is -1.18. The Bertz CT molecular complexity index is 401. The topological polar surface area (TPSA) is 56.0 Å². The van der Waals surface area contributed by atoms with Gasteiger partial charge in [0.2, 0.25) is 0 Å². The summed E-state index contributed by atoms with van der Waals surface area (Å²) in [4.78, 5) is 0.992. The summed E-state index contributed by atoms with van der Waals surface area (Å²) in [7, 11) is 0. The number of rotatable bonds is 6.